The van der Waals surface area contributed by atoms with Gasteiger partial charge in [-0.15, -0.1) is 0 Å². The molecular weight excluding hydrogens is 362 g/mol. The Bertz CT molecular complexity index is 990. The van der Waals surface area contributed by atoms with E-state index in [1.165, 1.54) is 11.3 Å². The molecule has 1 aromatic heterocycles. The largest absolute Gasteiger partial charge is 0.484 e. The smallest absolute Gasteiger partial charge is 0.321 e. The quantitative estimate of drug-likeness (QED) is 0.679. The average molecular weight is 387 g/mol. The van der Waals surface area contributed by atoms with Gasteiger partial charge >= 0.3 is 6.03 Å². The van der Waals surface area contributed by atoms with E-state index in [-0.39, 0.29) is 12.1 Å². The molecule has 2 aromatic carbocycles. The molecule has 0 aliphatic carbocycles. The summed E-state index contributed by atoms with van der Waals surface area (Å²) in [7, 11) is 0. The number of nitrogens with one attached hydrogen (secondary N) is 1. The molecule has 1 saturated heterocycles. The number of urea groups is 1. The molecule has 5 nitrogen and oxygen atoms in total. The molecule has 2 amide bonds. The van der Waals surface area contributed by atoms with Crippen molar-refractivity contribution in [3.05, 3.63) is 84.2 Å². The van der Waals surface area contributed by atoms with Crippen LogP contribution in [-0.4, -0.2) is 28.6 Å². The second-order valence-corrected chi connectivity index (χ2v) is 7.83. The van der Waals surface area contributed by atoms with Gasteiger partial charge in [-0.2, -0.15) is 0 Å². The van der Waals surface area contributed by atoms with Crippen LogP contribution in [-0.2, 0) is 6.54 Å². The standard InChI is InChI=1S/C24H25N3O2/c28-24(25-20-8-2-1-3-9-20)26-15-12-18(13-16-26)23-21-10-6-14-27(21)17-19-7-4-5-11-22(19)29-23/h1-11,14,18,23H,12-13,15-17H2,(H,25,28). The predicted molar refractivity (Wildman–Crippen MR) is 113 cm³/mol. The Kier molecular flexibility index (Phi) is 4.72. The molecule has 0 saturated carbocycles. The number of ether oxygens (including phenoxy) is 1. The Labute approximate surface area is 170 Å². The lowest BCUT2D eigenvalue weighted by molar-refractivity contribution is 0.0846. The van der Waals surface area contributed by atoms with E-state index < -0.39 is 0 Å². The Morgan fingerprint density at radius 1 is 0.931 bits per heavy atom. The van der Waals surface area contributed by atoms with Crippen LogP contribution >= 0.6 is 0 Å². The highest BCUT2D eigenvalue weighted by molar-refractivity contribution is 5.89. The van der Waals surface area contributed by atoms with E-state index in [0.29, 0.717) is 5.92 Å². The van der Waals surface area contributed by atoms with E-state index in [2.05, 4.69) is 46.4 Å². The molecular formula is C24H25N3O2. The zero-order valence-electron chi connectivity index (χ0n) is 16.3. The number of hydrogen-bond donors (Lipinski definition) is 1. The van der Waals surface area contributed by atoms with E-state index >= 15 is 0 Å². The van der Waals surface area contributed by atoms with Crippen LogP contribution in [0.25, 0.3) is 0 Å². The molecule has 148 valence electrons. The van der Waals surface area contributed by atoms with Crippen molar-refractivity contribution in [1.82, 2.24) is 9.47 Å². The third kappa shape index (κ3) is 3.60. The second kappa shape index (κ2) is 7.66. The molecule has 1 fully saturated rings. The first-order valence-electron chi connectivity index (χ1n) is 10.3. The second-order valence-electron chi connectivity index (χ2n) is 7.83. The van der Waals surface area contributed by atoms with Crippen molar-refractivity contribution in [3.63, 3.8) is 0 Å². The van der Waals surface area contributed by atoms with Gasteiger partial charge in [0.15, 0.2) is 0 Å². The summed E-state index contributed by atoms with van der Waals surface area (Å²) in [6.45, 7) is 2.32. The minimum atomic E-state index is -0.0230. The summed E-state index contributed by atoms with van der Waals surface area (Å²) in [5.74, 6) is 1.36. The van der Waals surface area contributed by atoms with Crippen molar-refractivity contribution in [2.24, 2.45) is 5.92 Å². The summed E-state index contributed by atoms with van der Waals surface area (Å²) in [6.07, 6.45) is 4.02. The number of anilines is 1. The number of likely N-dealkylation sites (tertiary alicyclic amines) is 1. The van der Waals surface area contributed by atoms with E-state index in [1.807, 2.05) is 41.3 Å². The highest BCUT2D eigenvalue weighted by atomic mass is 16.5. The number of carbonyl (C=O) groups excluding carboxylic acids is 1. The van der Waals surface area contributed by atoms with Gasteiger partial charge in [-0.05, 0) is 43.2 Å². The fraction of sp³-hybridized carbons (Fsp3) is 0.292. The lowest BCUT2D eigenvalue weighted by Gasteiger charge is -2.35. The zero-order chi connectivity index (χ0) is 19.6. The van der Waals surface area contributed by atoms with Gasteiger partial charge in [-0.25, -0.2) is 4.79 Å². The monoisotopic (exact) mass is 387 g/mol. The molecule has 0 radical (unpaired) electrons. The number of amides is 2. The number of fused-ring (bicyclic) bond motifs is 2. The zero-order valence-corrected chi connectivity index (χ0v) is 16.3. The number of benzene rings is 2. The lowest BCUT2D eigenvalue weighted by atomic mass is 9.89. The van der Waals surface area contributed by atoms with Crippen molar-refractivity contribution in [3.8, 4) is 5.75 Å². The Hall–Kier alpha value is -3.21. The Balaban J connectivity index is 1.29. The maximum atomic E-state index is 12.6. The van der Waals surface area contributed by atoms with Gasteiger partial charge in [0.2, 0.25) is 0 Å². The van der Waals surface area contributed by atoms with E-state index in [0.717, 1.165) is 43.9 Å². The highest BCUT2D eigenvalue weighted by Crippen LogP contribution is 2.39. The van der Waals surface area contributed by atoms with E-state index in [9.17, 15) is 4.79 Å². The molecule has 5 heteroatoms. The van der Waals surface area contributed by atoms with Gasteiger partial charge in [0, 0.05) is 36.5 Å². The molecule has 1 unspecified atom stereocenters. The summed E-state index contributed by atoms with van der Waals surface area (Å²) >= 11 is 0. The first-order valence-corrected chi connectivity index (χ1v) is 10.3. The molecule has 0 spiro atoms. The van der Waals surface area contributed by atoms with Gasteiger partial charge in [-0.1, -0.05) is 36.4 Å². The van der Waals surface area contributed by atoms with Gasteiger partial charge in [0.1, 0.15) is 11.9 Å². The third-order valence-electron chi connectivity index (χ3n) is 6.00. The maximum absolute atomic E-state index is 12.6. The number of nitrogens with zero attached hydrogens (tertiary/aromatic N) is 2. The summed E-state index contributed by atoms with van der Waals surface area (Å²) in [5, 5.41) is 2.99. The van der Waals surface area contributed by atoms with Crippen molar-refractivity contribution in [2.75, 3.05) is 18.4 Å². The average Bonchev–Trinajstić information content (AvgIpc) is 3.15. The van der Waals surface area contributed by atoms with E-state index in [1.54, 1.807) is 0 Å². The van der Waals surface area contributed by atoms with Gasteiger partial charge in [0.25, 0.3) is 0 Å². The molecule has 3 heterocycles. The number of rotatable bonds is 2. The maximum Gasteiger partial charge on any atom is 0.321 e. The molecule has 0 bridgehead atoms. The molecule has 5 rings (SSSR count). The summed E-state index contributed by atoms with van der Waals surface area (Å²) < 4.78 is 8.83. The van der Waals surface area contributed by atoms with Crippen LogP contribution < -0.4 is 10.1 Å². The van der Waals surface area contributed by atoms with Crippen LogP contribution in [0.2, 0.25) is 0 Å². The number of para-hydroxylation sites is 2. The van der Waals surface area contributed by atoms with Crippen molar-refractivity contribution >= 4 is 11.7 Å². The fourth-order valence-electron chi connectivity index (χ4n) is 4.43. The van der Waals surface area contributed by atoms with Crippen molar-refractivity contribution < 1.29 is 9.53 Å². The molecule has 2 aliphatic heterocycles. The minimum Gasteiger partial charge on any atom is -0.484 e. The van der Waals surface area contributed by atoms with Crippen LogP contribution in [0.15, 0.2) is 72.9 Å². The molecule has 29 heavy (non-hydrogen) atoms. The highest BCUT2D eigenvalue weighted by Gasteiger charge is 2.34. The van der Waals surface area contributed by atoms with Crippen molar-refractivity contribution in [1.29, 1.82) is 0 Å². The van der Waals surface area contributed by atoms with E-state index in [4.69, 9.17) is 4.74 Å². The van der Waals surface area contributed by atoms with Crippen molar-refractivity contribution in [2.45, 2.75) is 25.5 Å². The lowest BCUT2D eigenvalue weighted by Crippen LogP contribution is -2.42. The molecule has 2 aliphatic rings. The van der Waals surface area contributed by atoms with Gasteiger partial charge in [0.05, 0.1) is 12.2 Å². The number of carbonyl (C=O) groups is 1. The van der Waals surface area contributed by atoms with Crippen LogP contribution in [0.1, 0.15) is 30.2 Å². The summed E-state index contributed by atoms with van der Waals surface area (Å²) in [5.41, 5.74) is 3.28. The third-order valence-corrected chi connectivity index (χ3v) is 6.00. The first kappa shape index (κ1) is 17.9. The topological polar surface area (TPSA) is 46.5 Å². The SMILES string of the molecule is O=C(Nc1ccccc1)N1CCC(C2Oc3ccccc3Cn3cccc32)CC1. The number of aromatic nitrogens is 1. The van der Waals surface area contributed by atoms with Gasteiger partial charge in [-0.3, -0.25) is 0 Å². The van der Waals surface area contributed by atoms with Crippen LogP contribution in [0.3, 0.4) is 0 Å². The first-order chi connectivity index (χ1) is 14.3. The van der Waals surface area contributed by atoms with Crippen LogP contribution in [0.5, 0.6) is 5.75 Å². The summed E-state index contributed by atoms with van der Waals surface area (Å²) in [4.78, 5) is 14.5. The molecule has 1 N–H and O–H groups in total. The normalized spacial score (nSPS) is 18.9. The van der Waals surface area contributed by atoms with Gasteiger partial charge < -0.3 is 19.5 Å². The minimum absolute atomic E-state index is 0.0213. The van der Waals surface area contributed by atoms with Crippen LogP contribution in [0, 0.1) is 5.92 Å². The number of piperidine rings is 1. The Morgan fingerprint density at radius 3 is 2.52 bits per heavy atom. The fourth-order valence-corrected chi connectivity index (χ4v) is 4.43. The van der Waals surface area contributed by atoms with Crippen LogP contribution in [0.4, 0.5) is 10.5 Å². The molecule has 1 atom stereocenters. The molecule has 3 aromatic rings. The Morgan fingerprint density at radius 2 is 1.69 bits per heavy atom. The predicted octanol–water partition coefficient (Wildman–Crippen LogP) is 4.91. The number of hydrogen-bond acceptors (Lipinski definition) is 2. The summed E-state index contributed by atoms with van der Waals surface area (Å²) in [6, 6.07) is 22.2.